The molecular weight excluding hydrogens is 302 g/mol. The highest BCUT2D eigenvalue weighted by Gasteiger charge is 2.37. The molecule has 1 heterocycles. The van der Waals surface area contributed by atoms with E-state index in [0.717, 1.165) is 11.0 Å². The van der Waals surface area contributed by atoms with Gasteiger partial charge in [-0.1, -0.05) is 17.7 Å². The summed E-state index contributed by atoms with van der Waals surface area (Å²) in [6, 6.07) is 2.88. The van der Waals surface area contributed by atoms with Crippen LogP contribution in [0.2, 0.25) is 5.02 Å². The van der Waals surface area contributed by atoms with Crippen LogP contribution in [0.1, 0.15) is 17.3 Å². The van der Waals surface area contributed by atoms with Gasteiger partial charge in [0.15, 0.2) is 0 Å². The van der Waals surface area contributed by atoms with Gasteiger partial charge in [0, 0.05) is 6.07 Å². The molecule has 0 aliphatic carbocycles. The molecule has 0 bridgehead atoms. The second-order valence-electron chi connectivity index (χ2n) is 4.41. The number of carbonyl (C=O) groups is 3. The van der Waals surface area contributed by atoms with E-state index < -0.39 is 34.4 Å². The van der Waals surface area contributed by atoms with E-state index >= 15 is 0 Å². The SMILES string of the molecule is CC1C(=O)NC(=O)CN1C(=O)c1c(Cl)cccc1[N+](=O)[O-]. The molecule has 1 saturated heterocycles. The quantitative estimate of drug-likeness (QED) is 0.492. The third-order valence-corrected chi connectivity index (χ3v) is 3.40. The number of benzene rings is 1. The van der Waals surface area contributed by atoms with Gasteiger partial charge in [0.05, 0.1) is 9.95 Å². The van der Waals surface area contributed by atoms with Crippen molar-refractivity contribution in [2.75, 3.05) is 6.54 Å². The molecule has 2 rings (SSSR count). The summed E-state index contributed by atoms with van der Waals surface area (Å²) in [6.07, 6.45) is 0. The van der Waals surface area contributed by atoms with Crippen molar-refractivity contribution in [3.8, 4) is 0 Å². The van der Waals surface area contributed by atoms with Crippen molar-refractivity contribution in [1.29, 1.82) is 0 Å². The molecule has 110 valence electrons. The average Bonchev–Trinajstić information content (AvgIpc) is 2.41. The minimum absolute atomic E-state index is 0.111. The number of hydrogen-bond donors (Lipinski definition) is 1. The van der Waals surface area contributed by atoms with Crippen LogP contribution in [-0.4, -0.2) is 40.1 Å². The lowest BCUT2D eigenvalue weighted by atomic mass is 10.1. The first kappa shape index (κ1) is 14.9. The first-order valence-corrected chi connectivity index (χ1v) is 6.28. The number of nitrogens with zero attached hydrogens (tertiary/aromatic N) is 2. The van der Waals surface area contributed by atoms with Crippen molar-refractivity contribution >= 4 is 35.0 Å². The molecule has 3 amide bonds. The van der Waals surface area contributed by atoms with Crippen molar-refractivity contribution in [2.45, 2.75) is 13.0 Å². The van der Waals surface area contributed by atoms with Gasteiger partial charge in [-0.15, -0.1) is 0 Å². The van der Waals surface area contributed by atoms with Crippen LogP contribution in [0.4, 0.5) is 5.69 Å². The summed E-state index contributed by atoms with van der Waals surface area (Å²) in [6.45, 7) is 1.05. The third-order valence-electron chi connectivity index (χ3n) is 3.09. The van der Waals surface area contributed by atoms with Gasteiger partial charge >= 0.3 is 0 Å². The van der Waals surface area contributed by atoms with Crippen molar-refractivity contribution in [2.24, 2.45) is 0 Å². The van der Waals surface area contributed by atoms with E-state index in [9.17, 15) is 24.5 Å². The maximum atomic E-state index is 12.5. The maximum Gasteiger partial charge on any atom is 0.283 e. The Morgan fingerprint density at radius 3 is 2.76 bits per heavy atom. The molecule has 8 nitrogen and oxygen atoms in total. The number of rotatable bonds is 2. The highest BCUT2D eigenvalue weighted by atomic mass is 35.5. The van der Waals surface area contributed by atoms with Crippen molar-refractivity contribution in [3.63, 3.8) is 0 Å². The topological polar surface area (TPSA) is 110 Å². The molecule has 21 heavy (non-hydrogen) atoms. The van der Waals surface area contributed by atoms with Crippen LogP contribution in [-0.2, 0) is 9.59 Å². The molecule has 1 aromatic rings. The van der Waals surface area contributed by atoms with Gasteiger partial charge < -0.3 is 4.90 Å². The predicted molar refractivity (Wildman–Crippen MR) is 71.8 cm³/mol. The number of imide groups is 1. The van der Waals surface area contributed by atoms with Gasteiger partial charge in [-0.05, 0) is 13.0 Å². The average molecular weight is 312 g/mol. The molecule has 0 saturated carbocycles. The van der Waals surface area contributed by atoms with E-state index in [1.54, 1.807) is 0 Å². The molecule has 1 unspecified atom stereocenters. The van der Waals surface area contributed by atoms with Gasteiger partial charge in [-0.3, -0.25) is 29.8 Å². The fourth-order valence-corrected chi connectivity index (χ4v) is 2.23. The van der Waals surface area contributed by atoms with Crippen LogP contribution in [0.15, 0.2) is 18.2 Å². The molecule has 1 aromatic carbocycles. The Bertz CT molecular complexity index is 660. The lowest BCUT2D eigenvalue weighted by Crippen LogP contribution is -2.58. The number of nitro groups is 1. The van der Waals surface area contributed by atoms with E-state index in [2.05, 4.69) is 5.32 Å². The van der Waals surface area contributed by atoms with Crippen molar-refractivity contribution in [3.05, 3.63) is 38.9 Å². The standard InChI is InChI=1S/C12H10ClN3O5/c1-6-11(18)14-9(17)5-15(6)12(19)10-7(13)3-2-4-8(10)16(20)21/h2-4,6H,5H2,1H3,(H,14,17,18). The smallest absolute Gasteiger partial charge is 0.283 e. The van der Waals surface area contributed by atoms with E-state index in [4.69, 9.17) is 11.6 Å². The number of halogens is 1. The van der Waals surface area contributed by atoms with Gasteiger partial charge in [0.1, 0.15) is 18.2 Å². The summed E-state index contributed by atoms with van der Waals surface area (Å²) >= 11 is 5.87. The van der Waals surface area contributed by atoms with Crippen LogP contribution in [0.3, 0.4) is 0 Å². The van der Waals surface area contributed by atoms with Crippen LogP contribution >= 0.6 is 11.6 Å². The normalized spacial score (nSPS) is 18.4. The van der Waals surface area contributed by atoms with Crippen molar-refractivity contribution in [1.82, 2.24) is 10.2 Å². The number of piperazine rings is 1. The van der Waals surface area contributed by atoms with Crippen LogP contribution in [0.25, 0.3) is 0 Å². The Morgan fingerprint density at radius 1 is 1.48 bits per heavy atom. The Morgan fingerprint density at radius 2 is 2.14 bits per heavy atom. The molecule has 1 N–H and O–H groups in total. The fourth-order valence-electron chi connectivity index (χ4n) is 1.98. The second-order valence-corrected chi connectivity index (χ2v) is 4.82. The number of nitro benzene ring substituents is 1. The molecule has 1 atom stereocenters. The zero-order valence-electron chi connectivity index (χ0n) is 10.8. The van der Waals surface area contributed by atoms with Gasteiger partial charge in [0.2, 0.25) is 11.8 Å². The number of amides is 3. The monoisotopic (exact) mass is 311 g/mol. The number of carbonyl (C=O) groups excluding carboxylic acids is 3. The number of nitrogens with one attached hydrogen (secondary N) is 1. The summed E-state index contributed by atoms with van der Waals surface area (Å²) in [4.78, 5) is 46.6. The molecule has 1 aliphatic heterocycles. The Labute approximate surface area is 123 Å². The molecular formula is C12H10ClN3O5. The van der Waals surface area contributed by atoms with E-state index in [-0.39, 0.29) is 17.1 Å². The zero-order valence-corrected chi connectivity index (χ0v) is 11.6. The Hall–Kier alpha value is -2.48. The summed E-state index contributed by atoms with van der Waals surface area (Å²) in [5.74, 6) is -2.13. The van der Waals surface area contributed by atoms with Gasteiger partial charge in [0.25, 0.3) is 11.6 Å². The minimum atomic E-state index is -0.925. The van der Waals surface area contributed by atoms with E-state index in [1.807, 2.05) is 0 Å². The predicted octanol–water partition coefficient (Wildman–Crippen LogP) is 0.735. The Kier molecular flexibility index (Phi) is 3.90. The van der Waals surface area contributed by atoms with Gasteiger partial charge in [-0.25, -0.2) is 0 Å². The maximum absolute atomic E-state index is 12.5. The zero-order chi connectivity index (χ0) is 15.7. The first-order chi connectivity index (χ1) is 9.82. The van der Waals surface area contributed by atoms with Crippen LogP contribution < -0.4 is 5.32 Å². The Balaban J connectivity index is 2.47. The fraction of sp³-hybridized carbons (Fsp3) is 0.250. The van der Waals surface area contributed by atoms with Crippen molar-refractivity contribution < 1.29 is 19.3 Å². The highest BCUT2D eigenvalue weighted by molar-refractivity contribution is 6.34. The first-order valence-electron chi connectivity index (χ1n) is 5.90. The molecule has 0 radical (unpaired) electrons. The third kappa shape index (κ3) is 2.70. The largest absolute Gasteiger partial charge is 0.317 e. The molecule has 1 aliphatic rings. The molecule has 1 fully saturated rings. The lowest BCUT2D eigenvalue weighted by molar-refractivity contribution is -0.385. The molecule has 9 heteroatoms. The minimum Gasteiger partial charge on any atom is -0.317 e. The lowest BCUT2D eigenvalue weighted by Gasteiger charge is -2.31. The van der Waals surface area contributed by atoms with E-state index in [0.29, 0.717) is 0 Å². The summed E-state index contributed by atoms with van der Waals surface area (Å²) in [5.41, 5.74) is -0.809. The van der Waals surface area contributed by atoms with E-state index in [1.165, 1.54) is 19.1 Å². The highest BCUT2D eigenvalue weighted by Crippen LogP contribution is 2.28. The molecule has 0 aromatic heterocycles. The van der Waals surface area contributed by atoms with Crippen LogP contribution in [0.5, 0.6) is 0 Å². The van der Waals surface area contributed by atoms with Crippen LogP contribution in [0, 0.1) is 10.1 Å². The summed E-state index contributed by atoms with van der Waals surface area (Å²) in [7, 11) is 0. The summed E-state index contributed by atoms with van der Waals surface area (Å²) < 4.78 is 0. The number of hydrogen-bond acceptors (Lipinski definition) is 5. The molecule has 0 spiro atoms. The van der Waals surface area contributed by atoms with Gasteiger partial charge in [-0.2, -0.15) is 0 Å². The summed E-state index contributed by atoms with van der Waals surface area (Å²) in [5, 5.41) is 13.0. The second kappa shape index (κ2) is 5.49.